The van der Waals surface area contributed by atoms with Gasteiger partial charge in [-0.2, -0.15) is 11.8 Å². The molecular formula is C14H17NO2S. The second-order valence-corrected chi connectivity index (χ2v) is 6.66. The Morgan fingerprint density at radius 1 is 1.33 bits per heavy atom. The van der Waals surface area contributed by atoms with E-state index >= 15 is 0 Å². The van der Waals surface area contributed by atoms with Crippen molar-refractivity contribution in [2.45, 2.75) is 36.2 Å². The first-order valence-electron chi connectivity index (χ1n) is 6.47. The number of Topliss-reactive ketones (excluding diaryl/α,β-unsaturated/α-hetero) is 1. The van der Waals surface area contributed by atoms with Gasteiger partial charge < -0.3 is 4.74 Å². The molecule has 0 aliphatic carbocycles. The largest absolute Gasteiger partial charge is 0.481 e. The minimum Gasteiger partial charge on any atom is -0.481 e. The highest BCUT2D eigenvalue weighted by Crippen LogP contribution is 2.46. The third-order valence-corrected chi connectivity index (χ3v) is 5.47. The minimum atomic E-state index is 0.170. The van der Waals surface area contributed by atoms with E-state index in [9.17, 15) is 4.79 Å². The highest BCUT2D eigenvalue weighted by Gasteiger charge is 2.38. The van der Waals surface area contributed by atoms with Gasteiger partial charge in [0.2, 0.25) is 5.88 Å². The topological polar surface area (TPSA) is 39.2 Å². The van der Waals surface area contributed by atoms with Gasteiger partial charge in [-0.3, -0.25) is 4.79 Å². The SMILES string of the molecule is COc1cccc(C(=O)C2CC3CCC(C2)S3)n1. The van der Waals surface area contributed by atoms with Crippen LogP contribution in [0.15, 0.2) is 18.2 Å². The molecule has 3 nitrogen and oxygen atoms in total. The van der Waals surface area contributed by atoms with Crippen LogP contribution in [-0.4, -0.2) is 28.4 Å². The van der Waals surface area contributed by atoms with Gasteiger partial charge in [0.15, 0.2) is 5.78 Å². The lowest BCUT2D eigenvalue weighted by molar-refractivity contribution is 0.0901. The minimum absolute atomic E-state index is 0.170. The van der Waals surface area contributed by atoms with E-state index < -0.39 is 0 Å². The number of ether oxygens (including phenoxy) is 1. The van der Waals surface area contributed by atoms with Crippen molar-refractivity contribution >= 4 is 17.5 Å². The maximum atomic E-state index is 12.5. The Balaban J connectivity index is 1.77. The van der Waals surface area contributed by atoms with Crippen LogP contribution in [0.1, 0.15) is 36.2 Å². The molecule has 2 unspecified atom stereocenters. The lowest BCUT2D eigenvalue weighted by Gasteiger charge is -2.26. The molecule has 3 rings (SSSR count). The summed E-state index contributed by atoms with van der Waals surface area (Å²) >= 11 is 2.08. The molecule has 0 radical (unpaired) electrons. The van der Waals surface area contributed by atoms with Gasteiger partial charge in [-0.1, -0.05) is 6.07 Å². The van der Waals surface area contributed by atoms with Crippen LogP contribution in [0.4, 0.5) is 0 Å². The highest BCUT2D eigenvalue weighted by molar-refractivity contribution is 8.00. The maximum absolute atomic E-state index is 12.5. The summed E-state index contributed by atoms with van der Waals surface area (Å²) in [7, 11) is 1.58. The third-order valence-electron chi connectivity index (χ3n) is 3.85. The fraction of sp³-hybridized carbons (Fsp3) is 0.571. The summed E-state index contributed by atoms with van der Waals surface area (Å²) in [6, 6.07) is 5.41. The monoisotopic (exact) mass is 263 g/mol. The summed E-state index contributed by atoms with van der Waals surface area (Å²) < 4.78 is 5.08. The van der Waals surface area contributed by atoms with Crippen LogP contribution in [0.25, 0.3) is 0 Å². The summed E-state index contributed by atoms with van der Waals surface area (Å²) in [5, 5.41) is 1.40. The number of pyridine rings is 1. The van der Waals surface area contributed by atoms with Crippen LogP contribution in [-0.2, 0) is 0 Å². The van der Waals surface area contributed by atoms with E-state index in [2.05, 4.69) is 16.7 Å². The molecule has 2 fully saturated rings. The third kappa shape index (κ3) is 2.26. The number of fused-ring (bicyclic) bond motifs is 2. The molecule has 1 aromatic rings. The molecule has 3 heterocycles. The summed E-state index contributed by atoms with van der Waals surface area (Å²) in [6.45, 7) is 0. The number of nitrogens with zero attached hydrogens (tertiary/aromatic N) is 1. The van der Waals surface area contributed by atoms with E-state index in [0.717, 1.165) is 12.8 Å². The maximum Gasteiger partial charge on any atom is 0.213 e. The number of hydrogen-bond acceptors (Lipinski definition) is 4. The molecule has 2 aliphatic rings. The van der Waals surface area contributed by atoms with Crippen molar-refractivity contribution in [3.63, 3.8) is 0 Å². The lowest BCUT2D eigenvalue weighted by Crippen LogP contribution is -2.25. The Morgan fingerprint density at radius 3 is 2.72 bits per heavy atom. The van der Waals surface area contributed by atoms with Gasteiger partial charge in [-0.15, -0.1) is 0 Å². The van der Waals surface area contributed by atoms with Crippen LogP contribution >= 0.6 is 11.8 Å². The number of carbonyl (C=O) groups is 1. The Hall–Kier alpha value is -1.03. The molecule has 2 atom stereocenters. The Labute approximate surface area is 111 Å². The summed E-state index contributed by atoms with van der Waals surface area (Å²) in [6.07, 6.45) is 4.62. The van der Waals surface area contributed by atoms with Crippen molar-refractivity contribution in [3.05, 3.63) is 23.9 Å². The van der Waals surface area contributed by atoms with Gasteiger partial charge >= 0.3 is 0 Å². The van der Waals surface area contributed by atoms with Gasteiger partial charge in [0.05, 0.1) is 7.11 Å². The van der Waals surface area contributed by atoms with Crippen molar-refractivity contribution in [2.24, 2.45) is 5.92 Å². The normalized spacial score (nSPS) is 30.2. The van der Waals surface area contributed by atoms with Gasteiger partial charge in [-0.05, 0) is 31.7 Å². The predicted octanol–water partition coefficient (Wildman–Crippen LogP) is 2.95. The molecule has 0 amide bonds. The molecule has 0 spiro atoms. The Morgan fingerprint density at radius 2 is 2.06 bits per heavy atom. The number of thioether (sulfide) groups is 1. The second kappa shape index (κ2) is 4.92. The summed E-state index contributed by atoms with van der Waals surface area (Å²) in [4.78, 5) is 16.7. The molecule has 18 heavy (non-hydrogen) atoms. The van der Waals surface area contributed by atoms with E-state index in [1.54, 1.807) is 19.2 Å². The smallest absolute Gasteiger partial charge is 0.213 e. The zero-order valence-electron chi connectivity index (χ0n) is 10.5. The van der Waals surface area contributed by atoms with E-state index in [1.807, 2.05) is 6.07 Å². The first kappa shape index (κ1) is 12.0. The molecular weight excluding hydrogens is 246 g/mol. The first-order chi connectivity index (χ1) is 8.76. The number of carbonyl (C=O) groups excluding carboxylic acids is 1. The Kier molecular flexibility index (Phi) is 3.29. The second-order valence-electron chi connectivity index (χ2n) is 5.06. The van der Waals surface area contributed by atoms with Crippen molar-refractivity contribution in [1.29, 1.82) is 0 Å². The Bertz CT molecular complexity index is 451. The van der Waals surface area contributed by atoms with Crippen molar-refractivity contribution in [1.82, 2.24) is 4.98 Å². The number of hydrogen-bond donors (Lipinski definition) is 0. The number of methoxy groups -OCH3 is 1. The van der Waals surface area contributed by atoms with Crippen molar-refractivity contribution < 1.29 is 9.53 Å². The quantitative estimate of drug-likeness (QED) is 0.786. The van der Waals surface area contributed by atoms with Gasteiger partial charge in [0, 0.05) is 22.5 Å². The number of rotatable bonds is 3. The number of aromatic nitrogens is 1. The van der Waals surface area contributed by atoms with Crippen LogP contribution in [0.3, 0.4) is 0 Å². The molecule has 96 valence electrons. The standard InChI is InChI=1S/C14H17NO2S/c1-17-13-4-2-3-12(15-13)14(16)9-7-10-5-6-11(8-9)18-10/h2-4,9-11H,5-8H2,1H3. The van der Waals surface area contributed by atoms with Crippen LogP contribution in [0, 0.1) is 5.92 Å². The summed E-state index contributed by atoms with van der Waals surface area (Å²) in [5.41, 5.74) is 0.561. The van der Waals surface area contributed by atoms with Crippen LogP contribution < -0.4 is 4.74 Å². The van der Waals surface area contributed by atoms with Crippen molar-refractivity contribution in [3.8, 4) is 5.88 Å². The summed E-state index contributed by atoms with van der Waals surface area (Å²) in [5.74, 6) is 0.892. The van der Waals surface area contributed by atoms with Crippen LogP contribution in [0.2, 0.25) is 0 Å². The fourth-order valence-electron chi connectivity index (χ4n) is 2.95. The van der Waals surface area contributed by atoms with E-state index in [-0.39, 0.29) is 11.7 Å². The van der Waals surface area contributed by atoms with Gasteiger partial charge in [0.1, 0.15) is 5.69 Å². The van der Waals surface area contributed by atoms with Crippen LogP contribution in [0.5, 0.6) is 5.88 Å². The average molecular weight is 263 g/mol. The van der Waals surface area contributed by atoms with Gasteiger partial charge in [0.25, 0.3) is 0 Å². The van der Waals surface area contributed by atoms with E-state index in [1.165, 1.54) is 12.8 Å². The predicted molar refractivity (Wildman–Crippen MR) is 72.2 cm³/mol. The number of ketones is 1. The average Bonchev–Trinajstić information content (AvgIpc) is 2.76. The zero-order valence-corrected chi connectivity index (χ0v) is 11.3. The zero-order chi connectivity index (χ0) is 12.5. The molecule has 0 N–H and O–H groups in total. The first-order valence-corrected chi connectivity index (χ1v) is 7.41. The van der Waals surface area contributed by atoms with E-state index in [0.29, 0.717) is 22.1 Å². The molecule has 2 saturated heterocycles. The molecule has 1 aromatic heterocycles. The molecule has 0 saturated carbocycles. The molecule has 0 aromatic carbocycles. The molecule has 2 bridgehead atoms. The van der Waals surface area contributed by atoms with Crippen molar-refractivity contribution in [2.75, 3.05) is 7.11 Å². The van der Waals surface area contributed by atoms with Gasteiger partial charge in [-0.25, -0.2) is 4.98 Å². The molecule has 4 heteroatoms. The molecule has 2 aliphatic heterocycles. The van der Waals surface area contributed by atoms with E-state index in [4.69, 9.17) is 4.74 Å². The highest BCUT2D eigenvalue weighted by atomic mass is 32.2. The lowest BCUT2D eigenvalue weighted by atomic mass is 9.92. The fourth-order valence-corrected chi connectivity index (χ4v) is 4.72.